The van der Waals surface area contributed by atoms with Gasteiger partial charge in [0.1, 0.15) is 0 Å². The first-order chi connectivity index (χ1) is 10.5. The molecule has 6 nitrogen and oxygen atoms in total. The summed E-state index contributed by atoms with van der Waals surface area (Å²) < 4.78 is 0. The largest absolute Gasteiger partial charge is 0.330 e. The van der Waals surface area contributed by atoms with Gasteiger partial charge in [0.2, 0.25) is 0 Å². The second kappa shape index (κ2) is 14.4. The van der Waals surface area contributed by atoms with Crippen LogP contribution in [0.25, 0.3) is 0 Å². The fourth-order valence-corrected chi connectivity index (χ4v) is 2.62. The third-order valence-corrected chi connectivity index (χ3v) is 4.28. The van der Waals surface area contributed by atoms with E-state index < -0.39 is 0 Å². The van der Waals surface area contributed by atoms with E-state index >= 15 is 0 Å². The van der Waals surface area contributed by atoms with E-state index in [1.165, 1.54) is 0 Å². The van der Waals surface area contributed by atoms with Crippen molar-refractivity contribution >= 4 is 0 Å². The number of hydrogen-bond donors (Lipinski definition) is 6. The van der Waals surface area contributed by atoms with E-state index in [2.05, 4.69) is 0 Å². The first kappa shape index (κ1) is 21.8. The van der Waals surface area contributed by atoms with Crippen molar-refractivity contribution in [3.63, 3.8) is 0 Å². The molecule has 0 rings (SSSR count). The van der Waals surface area contributed by atoms with Crippen LogP contribution in [0.4, 0.5) is 0 Å². The van der Waals surface area contributed by atoms with Crippen LogP contribution < -0.4 is 34.4 Å². The lowest BCUT2D eigenvalue weighted by atomic mass is 9.96. The lowest BCUT2D eigenvalue weighted by Crippen LogP contribution is -2.30. The normalized spacial score (nSPS) is 17.2. The Bertz CT molecular complexity index is 215. The fraction of sp³-hybridized carbons (Fsp3) is 1.00. The molecule has 0 aromatic heterocycles. The minimum Gasteiger partial charge on any atom is -0.330 e. The number of hydrogen-bond acceptors (Lipinski definition) is 6. The summed E-state index contributed by atoms with van der Waals surface area (Å²) in [4.78, 5) is 0. The molecule has 6 heteroatoms. The summed E-state index contributed by atoms with van der Waals surface area (Å²) in [6, 6.07) is 0.842. The van der Waals surface area contributed by atoms with Crippen molar-refractivity contribution in [2.75, 3.05) is 13.1 Å². The molecule has 0 amide bonds. The van der Waals surface area contributed by atoms with Gasteiger partial charge < -0.3 is 34.4 Å². The lowest BCUT2D eigenvalue weighted by molar-refractivity contribution is 0.425. The maximum absolute atomic E-state index is 6.15. The average molecular weight is 317 g/mol. The Morgan fingerprint density at radius 1 is 0.409 bits per heavy atom. The molecular formula is C16H40N6. The van der Waals surface area contributed by atoms with Crippen molar-refractivity contribution in [3.8, 4) is 0 Å². The molecular weight excluding hydrogens is 276 g/mol. The van der Waals surface area contributed by atoms with E-state index in [0.717, 1.165) is 64.2 Å². The molecule has 22 heavy (non-hydrogen) atoms. The van der Waals surface area contributed by atoms with E-state index in [4.69, 9.17) is 34.4 Å². The molecule has 4 unspecified atom stereocenters. The third kappa shape index (κ3) is 13.4. The zero-order valence-electron chi connectivity index (χ0n) is 14.3. The number of rotatable bonds is 15. The molecule has 0 fully saturated rings. The molecule has 0 saturated carbocycles. The highest BCUT2D eigenvalue weighted by Crippen LogP contribution is 2.11. The summed E-state index contributed by atoms with van der Waals surface area (Å²) in [6.45, 7) is 1.42. The highest BCUT2D eigenvalue weighted by atomic mass is 14.7. The van der Waals surface area contributed by atoms with Crippen molar-refractivity contribution in [2.24, 2.45) is 34.4 Å². The van der Waals surface area contributed by atoms with Gasteiger partial charge in [0, 0.05) is 24.2 Å². The van der Waals surface area contributed by atoms with E-state index in [1.54, 1.807) is 0 Å². The predicted octanol–water partition coefficient (Wildman–Crippen LogP) is 0.114. The highest BCUT2D eigenvalue weighted by molar-refractivity contribution is 4.73. The van der Waals surface area contributed by atoms with E-state index in [-0.39, 0.29) is 24.2 Å². The molecule has 0 spiro atoms. The van der Waals surface area contributed by atoms with Gasteiger partial charge in [0.15, 0.2) is 0 Å². The molecule has 12 N–H and O–H groups in total. The standard InChI is InChI=1S/C16H40N6/c17-11-1-3-13(19)5-7-15(21)9-10-16(22)8-6-14(20)4-2-12-18/h13-16H,1-12,17-22H2. The van der Waals surface area contributed by atoms with Gasteiger partial charge in [-0.25, -0.2) is 0 Å². The maximum atomic E-state index is 6.15. The van der Waals surface area contributed by atoms with Crippen LogP contribution in [0.2, 0.25) is 0 Å². The quantitative estimate of drug-likeness (QED) is 0.252. The molecule has 0 bridgehead atoms. The summed E-state index contributed by atoms with van der Waals surface area (Å²) in [5.41, 5.74) is 35.3. The van der Waals surface area contributed by atoms with Crippen LogP contribution in [0, 0.1) is 0 Å². The van der Waals surface area contributed by atoms with Gasteiger partial charge in [-0.2, -0.15) is 0 Å². The summed E-state index contributed by atoms with van der Waals surface area (Å²) in [6.07, 6.45) is 9.76. The van der Waals surface area contributed by atoms with Gasteiger partial charge in [-0.3, -0.25) is 0 Å². The maximum Gasteiger partial charge on any atom is 0.00399 e. The van der Waals surface area contributed by atoms with Crippen LogP contribution in [0.1, 0.15) is 64.2 Å². The molecule has 0 heterocycles. The second-order valence-electron chi connectivity index (χ2n) is 6.63. The van der Waals surface area contributed by atoms with Gasteiger partial charge in [-0.05, 0) is 77.3 Å². The highest BCUT2D eigenvalue weighted by Gasteiger charge is 2.11. The Labute approximate surface area is 136 Å². The van der Waals surface area contributed by atoms with Gasteiger partial charge in [0.25, 0.3) is 0 Å². The lowest BCUT2D eigenvalue weighted by Gasteiger charge is -2.19. The molecule has 0 aliphatic carbocycles. The van der Waals surface area contributed by atoms with Crippen molar-refractivity contribution < 1.29 is 0 Å². The Hall–Kier alpha value is -0.240. The van der Waals surface area contributed by atoms with Crippen molar-refractivity contribution in [1.29, 1.82) is 0 Å². The molecule has 0 aliphatic heterocycles. The van der Waals surface area contributed by atoms with Gasteiger partial charge in [0.05, 0.1) is 0 Å². The Balaban J connectivity index is 3.61. The molecule has 0 aromatic rings. The molecule has 0 saturated heterocycles. The van der Waals surface area contributed by atoms with Gasteiger partial charge >= 0.3 is 0 Å². The van der Waals surface area contributed by atoms with E-state index in [1.807, 2.05) is 0 Å². The van der Waals surface area contributed by atoms with E-state index in [9.17, 15) is 0 Å². The van der Waals surface area contributed by atoms with Gasteiger partial charge in [-0.1, -0.05) is 0 Å². The summed E-state index contributed by atoms with van der Waals surface area (Å²) in [5, 5.41) is 0. The fourth-order valence-electron chi connectivity index (χ4n) is 2.62. The van der Waals surface area contributed by atoms with Crippen LogP contribution in [-0.4, -0.2) is 37.3 Å². The van der Waals surface area contributed by atoms with Crippen molar-refractivity contribution in [3.05, 3.63) is 0 Å². The Morgan fingerprint density at radius 3 is 0.864 bits per heavy atom. The summed E-state index contributed by atoms with van der Waals surface area (Å²) in [5.74, 6) is 0. The van der Waals surface area contributed by atoms with Crippen molar-refractivity contribution in [2.45, 2.75) is 88.4 Å². The first-order valence-electron chi connectivity index (χ1n) is 8.92. The Morgan fingerprint density at radius 2 is 0.636 bits per heavy atom. The van der Waals surface area contributed by atoms with E-state index in [0.29, 0.717) is 13.1 Å². The molecule has 4 atom stereocenters. The van der Waals surface area contributed by atoms with Crippen LogP contribution >= 0.6 is 0 Å². The van der Waals surface area contributed by atoms with Crippen molar-refractivity contribution in [1.82, 2.24) is 0 Å². The second-order valence-corrected chi connectivity index (χ2v) is 6.63. The van der Waals surface area contributed by atoms with Gasteiger partial charge in [-0.15, -0.1) is 0 Å². The summed E-state index contributed by atoms with van der Waals surface area (Å²) >= 11 is 0. The van der Waals surface area contributed by atoms with Crippen LogP contribution in [0.15, 0.2) is 0 Å². The molecule has 0 aliphatic rings. The first-order valence-corrected chi connectivity index (χ1v) is 8.92. The minimum absolute atomic E-state index is 0.195. The zero-order valence-corrected chi connectivity index (χ0v) is 14.3. The predicted molar refractivity (Wildman–Crippen MR) is 96.2 cm³/mol. The Kier molecular flexibility index (Phi) is 14.2. The number of nitrogens with two attached hydrogens (primary N) is 6. The molecule has 0 aromatic carbocycles. The van der Waals surface area contributed by atoms with Crippen LogP contribution in [-0.2, 0) is 0 Å². The topological polar surface area (TPSA) is 156 Å². The molecule has 0 radical (unpaired) electrons. The summed E-state index contributed by atoms with van der Waals surface area (Å²) in [7, 11) is 0. The minimum atomic E-state index is 0.195. The third-order valence-electron chi connectivity index (χ3n) is 4.28. The average Bonchev–Trinajstić information content (AvgIpc) is 2.52. The SMILES string of the molecule is NCCCC(N)CCC(N)CCC(N)CCC(N)CCCN. The van der Waals surface area contributed by atoms with Crippen LogP contribution in [0.3, 0.4) is 0 Å². The van der Waals surface area contributed by atoms with Crippen LogP contribution in [0.5, 0.6) is 0 Å². The smallest absolute Gasteiger partial charge is 0.00399 e. The molecule has 134 valence electrons. The monoisotopic (exact) mass is 316 g/mol. The zero-order chi connectivity index (χ0) is 16.8.